The van der Waals surface area contributed by atoms with E-state index < -0.39 is 0 Å². The summed E-state index contributed by atoms with van der Waals surface area (Å²) in [6.45, 7) is 14.5. The third-order valence-corrected chi connectivity index (χ3v) is 4.64. The Morgan fingerprint density at radius 1 is 1.28 bits per heavy atom. The van der Waals surface area contributed by atoms with Crippen molar-refractivity contribution >= 4 is 0 Å². The second-order valence-corrected chi connectivity index (χ2v) is 6.95. The highest BCUT2D eigenvalue weighted by atomic mass is 15.1. The van der Waals surface area contributed by atoms with Gasteiger partial charge in [0.2, 0.25) is 0 Å². The summed E-state index contributed by atoms with van der Waals surface area (Å²) in [6.07, 6.45) is 5.43. The minimum absolute atomic E-state index is 0.453. The molecule has 108 valence electrons. The Bertz CT molecular complexity index is 211. The third kappa shape index (κ3) is 4.89. The van der Waals surface area contributed by atoms with E-state index >= 15 is 0 Å². The Balaban J connectivity index is 2.42. The van der Waals surface area contributed by atoms with Gasteiger partial charge in [-0.05, 0) is 56.7 Å². The lowest BCUT2D eigenvalue weighted by Gasteiger charge is -2.40. The summed E-state index contributed by atoms with van der Waals surface area (Å²) in [5, 5.41) is 3.38. The van der Waals surface area contributed by atoms with Gasteiger partial charge in [-0.25, -0.2) is 0 Å². The molecule has 1 fully saturated rings. The van der Waals surface area contributed by atoms with Gasteiger partial charge < -0.3 is 10.2 Å². The minimum atomic E-state index is 0.453. The van der Waals surface area contributed by atoms with Crippen molar-refractivity contribution in [1.82, 2.24) is 10.2 Å². The average molecular weight is 254 g/mol. The number of piperidine rings is 1. The molecule has 1 rings (SSSR count). The summed E-state index contributed by atoms with van der Waals surface area (Å²) in [7, 11) is 2.08. The quantitative estimate of drug-likeness (QED) is 0.749. The first-order chi connectivity index (χ1) is 8.50. The summed E-state index contributed by atoms with van der Waals surface area (Å²) in [6, 6.07) is 0. The van der Waals surface area contributed by atoms with E-state index in [1.54, 1.807) is 0 Å². The van der Waals surface area contributed by atoms with E-state index in [9.17, 15) is 0 Å². The van der Waals surface area contributed by atoms with Gasteiger partial charge in [-0.15, -0.1) is 0 Å². The van der Waals surface area contributed by atoms with Crippen LogP contribution in [0.1, 0.15) is 53.4 Å². The maximum atomic E-state index is 3.38. The molecule has 1 heterocycles. The van der Waals surface area contributed by atoms with Crippen molar-refractivity contribution in [2.75, 3.05) is 33.2 Å². The fraction of sp³-hybridized carbons (Fsp3) is 1.00. The number of likely N-dealkylation sites (tertiary alicyclic amines) is 1. The molecule has 1 unspecified atom stereocenters. The molecular formula is C16H34N2. The molecule has 0 aromatic heterocycles. The second kappa shape index (κ2) is 7.49. The Hall–Kier alpha value is -0.0800. The largest absolute Gasteiger partial charge is 0.319 e. The van der Waals surface area contributed by atoms with Gasteiger partial charge in [0.1, 0.15) is 0 Å². The second-order valence-electron chi connectivity index (χ2n) is 6.95. The molecule has 0 amide bonds. The van der Waals surface area contributed by atoms with Crippen LogP contribution in [0.15, 0.2) is 0 Å². The summed E-state index contributed by atoms with van der Waals surface area (Å²) in [4.78, 5) is 2.70. The van der Waals surface area contributed by atoms with E-state index in [4.69, 9.17) is 0 Å². The number of nitrogens with one attached hydrogen (secondary N) is 1. The van der Waals surface area contributed by atoms with E-state index in [2.05, 4.69) is 45.0 Å². The van der Waals surface area contributed by atoms with E-state index in [1.807, 2.05) is 0 Å². The van der Waals surface area contributed by atoms with Crippen LogP contribution in [0.4, 0.5) is 0 Å². The molecule has 0 bridgehead atoms. The predicted octanol–water partition coefficient (Wildman–Crippen LogP) is 3.38. The standard InChI is InChI=1S/C16H34N2/c1-6-9-16(4,12-17-5)13-18-10-7-15(8-11-18)14(2)3/h14-15,17H,6-13H2,1-5H3. The molecule has 1 saturated heterocycles. The molecule has 0 aromatic rings. The zero-order chi connectivity index (χ0) is 13.6. The van der Waals surface area contributed by atoms with Crippen molar-refractivity contribution in [1.29, 1.82) is 0 Å². The zero-order valence-corrected chi connectivity index (χ0v) is 13.3. The molecular weight excluding hydrogens is 220 g/mol. The number of nitrogens with zero attached hydrogens (tertiary/aromatic N) is 1. The van der Waals surface area contributed by atoms with Crippen molar-refractivity contribution in [3.8, 4) is 0 Å². The van der Waals surface area contributed by atoms with Crippen molar-refractivity contribution in [3.63, 3.8) is 0 Å². The van der Waals surface area contributed by atoms with Gasteiger partial charge in [-0.1, -0.05) is 34.1 Å². The summed E-state index contributed by atoms with van der Waals surface area (Å²) < 4.78 is 0. The molecule has 0 aliphatic carbocycles. The Morgan fingerprint density at radius 3 is 2.33 bits per heavy atom. The predicted molar refractivity (Wildman–Crippen MR) is 80.9 cm³/mol. The molecule has 0 radical (unpaired) electrons. The van der Waals surface area contributed by atoms with Gasteiger partial charge in [-0.3, -0.25) is 0 Å². The van der Waals surface area contributed by atoms with Gasteiger partial charge >= 0.3 is 0 Å². The van der Waals surface area contributed by atoms with Gasteiger partial charge in [0.15, 0.2) is 0 Å². The molecule has 1 aliphatic heterocycles. The average Bonchev–Trinajstić information content (AvgIpc) is 2.30. The number of hydrogen-bond acceptors (Lipinski definition) is 2. The Kier molecular flexibility index (Phi) is 6.65. The van der Waals surface area contributed by atoms with Gasteiger partial charge in [0.25, 0.3) is 0 Å². The highest BCUT2D eigenvalue weighted by Gasteiger charge is 2.28. The molecule has 2 heteroatoms. The van der Waals surface area contributed by atoms with Crippen LogP contribution in [0.5, 0.6) is 0 Å². The summed E-state index contributed by atoms with van der Waals surface area (Å²) in [5.41, 5.74) is 0.453. The van der Waals surface area contributed by atoms with Crippen molar-refractivity contribution in [3.05, 3.63) is 0 Å². The normalized spacial score (nSPS) is 22.3. The van der Waals surface area contributed by atoms with E-state index in [0.29, 0.717) is 5.41 Å². The van der Waals surface area contributed by atoms with Crippen LogP contribution in [0.3, 0.4) is 0 Å². The Labute approximate surface area is 115 Å². The van der Waals surface area contributed by atoms with Crippen LogP contribution in [0.2, 0.25) is 0 Å². The molecule has 1 atom stereocenters. The van der Waals surface area contributed by atoms with Crippen LogP contribution in [0, 0.1) is 17.3 Å². The van der Waals surface area contributed by atoms with Crippen LogP contribution < -0.4 is 5.32 Å². The SMILES string of the molecule is CCCC(C)(CNC)CN1CCC(C(C)C)CC1. The van der Waals surface area contributed by atoms with Gasteiger partial charge in [0, 0.05) is 13.1 Å². The first kappa shape index (κ1) is 16.0. The molecule has 0 saturated carbocycles. The van der Waals surface area contributed by atoms with Crippen molar-refractivity contribution in [2.45, 2.75) is 53.4 Å². The molecule has 1 aliphatic rings. The minimum Gasteiger partial charge on any atom is -0.319 e. The zero-order valence-electron chi connectivity index (χ0n) is 13.3. The molecule has 18 heavy (non-hydrogen) atoms. The van der Waals surface area contributed by atoms with Crippen molar-refractivity contribution in [2.24, 2.45) is 17.3 Å². The van der Waals surface area contributed by atoms with Gasteiger partial charge in [0.05, 0.1) is 0 Å². The first-order valence-corrected chi connectivity index (χ1v) is 7.87. The lowest BCUT2D eigenvalue weighted by Crippen LogP contribution is -2.45. The fourth-order valence-corrected chi connectivity index (χ4v) is 3.57. The molecule has 2 nitrogen and oxygen atoms in total. The molecule has 0 aromatic carbocycles. The first-order valence-electron chi connectivity index (χ1n) is 7.87. The highest BCUT2D eigenvalue weighted by molar-refractivity contribution is 4.83. The lowest BCUT2D eigenvalue weighted by atomic mass is 9.82. The monoisotopic (exact) mass is 254 g/mol. The summed E-state index contributed by atoms with van der Waals surface area (Å²) >= 11 is 0. The molecule has 0 spiro atoms. The van der Waals surface area contributed by atoms with Crippen LogP contribution >= 0.6 is 0 Å². The number of rotatable bonds is 7. The van der Waals surface area contributed by atoms with Gasteiger partial charge in [-0.2, -0.15) is 0 Å². The van der Waals surface area contributed by atoms with Crippen LogP contribution in [0.25, 0.3) is 0 Å². The lowest BCUT2D eigenvalue weighted by molar-refractivity contribution is 0.100. The third-order valence-electron chi connectivity index (χ3n) is 4.64. The Morgan fingerprint density at radius 2 is 1.89 bits per heavy atom. The van der Waals surface area contributed by atoms with Crippen LogP contribution in [-0.2, 0) is 0 Å². The van der Waals surface area contributed by atoms with Crippen LogP contribution in [-0.4, -0.2) is 38.1 Å². The maximum absolute atomic E-state index is 3.38. The van der Waals surface area contributed by atoms with Crippen molar-refractivity contribution < 1.29 is 0 Å². The topological polar surface area (TPSA) is 15.3 Å². The van der Waals surface area contributed by atoms with E-state index in [0.717, 1.165) is 18.4 Å². The summed E-state index contributed by atoms with van der Waals surface area (Å²) in [5.74, 6) is 1.83. The highest BCUT2D eigenvalue weighted by Crippen LogP contribution is 2.29. The smallest absolute Gasteiger partial charge is 0.00475 e. The maximum Gasteiger partial charge on any atom is 0.00475 e. The van der Waals surface area contributed by atoms with E-state index in [1.165, 1.54) is 45.3 Å². The van der Waals surface area contributed by atoms with E-state index in [-0.39, 0.29) is 0 Å². The number of hydrogen-bond donors (Lipinski definition) is 1. The fourth-order valence-electron chi connectivity index (χ4n) is 3.57. The molecule has 1 N–H and O–H groups in total.